The van der Waals surface area contributed by atoms with Gasteiger partial charge in [0.2, 0.25) is 0 Å². The summed E-state index contributed by atoms with van der Waals surface area (Å²) in [6.45, 7) is 3.11. The van der Waals surface area contributed by atoms with Crippen LogP contribution in [0.2, 0.25) is 5.02 Å². The fourth-order valence-electron chi connectivity index (χ4n) is 2.79. The first-order valence-electron chi connectivity index (χ1n) is 7.32. The molecule has 2 aromatic rings. The molecule has 1 amide bonds. The Bertz CT molecular complexity index is 720. The molecule has 0 radical (unpaired) electrons. The molecular formula is C16H18ClN3O2. The highest BCUT2D eigenvalue weighted by molar-refractivity contribution is 6.35. The molecular weight excluding hydrogens is 302 g/mol. The topological polar surface area (TPSA) is 74.2 Å². The second kappa shape index (κ2) is 6.20. The molecule has 1 aliphatic heterocycles. The van der Waals surface area contributed by atoms with Crippen molar-refractivity contribution in [3.8, 4) is 0 Å². The van der Waals surface area contributed by atoms with Crippen LogP contribution in [0.1, 0.15) is 22.5 Å². The van der Waals surface area contributed by atoms with E-state index in [1.165, 1.54) is 0 Å². The summed E-state index contributed by atoms with van der Waals surface area (Å²) in [4.78, 5) is 17.0. The molecule has 0 spiro atoms. The van der Waals surface area contributed by atoms with Crippen molar-refractivity contribution in [1.29, 1.82) is 0 Å². The number of aromatic nitrogens is 1. The van der Waals surface area contributed by atoms with Crippen LogP contribution in [0.15, 0.2) is 24.3 Å². The molecule has 3 rings (SSSR count). The van der Waals surface area contributed by atoms with Gasteiger partial charge >= 0.3 is 0 Å². The summed E-state index contributed by atoms with van der Waals surface area (Å²) in [7, 11) is 0. The first-order valence-corrected chi connectivity index (χ1v) is 7.69. The molecule has 2 heterocycles. The molecule has 6 heteroatoms. The molecule has 0 aliphatic carbocycles. The van der Waals surface area contributed by atoms with Crippen LogP contribution in [-0.4, -0.2) is 41.2 Å². The highest BCUT2D eigenvalue weighted by Gasteiger charge is 2.25. The van der Waals surface area contributed by atoms with E-state index < -0.39 is 6.10 Å². The number of nitrogens with zero attached hydrogens (tertiary/aromatic N) is 1. The van der Waals surface area contributed by atoms with Crippen molar-refractivity contribution in [1.82, 2.24) is 15.6 Å². The molecule has 22 heavy (non-hydrogen) atoms. The highest BCUT2D eigenvalue weighted by atomic mass is 35.5. The second-order valence-electron chi connectivity index (χ2n) is 5.59. The number of aliphatic hydroxyl groups is 1. The fraction of sp³-hybridized carbons (Fsp3) is 0.375. The van der Waals surface area contributed by atoms with E-state index in [-0.39, 0.29) is 11.9 Å². The average Bonchev–Trinajstić information content (AvgIpc) is 2.50. The van der Waals surface area contributed by atoms with Crippen molar-refractivity contribution >= 4 is 28.4 Å². The zero-order valence-electron chi connectivity index (χ0n) is 12.3. The highest BCUT2D eigenvalue weighted by Crippen LogP contribution is 2.25. The van der Waals surface area contributed by atoms with Crippen LogP contribution in [0.3, 0.4) is 0 Å². The maximum absolute atomic E-state index is 12.6. The first-order chi connectivity index (χ1) is 10.6. The molecule has 116 valence electrons. The van der Waals surface area contributed by atoms with Gasteiger partial charge in [-0.05, 0) is 32.0 Å². The summed E-state index contributed by atoms with van der Waals surface area (Å²) in [6, 6.07) is 6.91. The number of amides is 1. The third-order valence-corrected chi connectivity index (χ3v) is 4.23. The number of hydrogen-bond donors (Lipinski definition) is 3. The Morgan fingerprint density at radius 2 is 2.32 bits per heavy atom. The van der Waals surface area contributed by atoms with Gasteiger partial charge in [0.1, 0.15) is 0 Å². The largest absolute Gasteiger partial charge is 0.390 e. The van der Waals surface area contributed by atoms with Gasteiger partial charge in [-0.1, -0.05) is 23.7 Å². The number of piperidine rings is 1. The van der Waals surface area contributed by atoms with Gasteiger partial charge in [-0.15, -0.1) is 0 Å². The lowest BCUT2D eigenvalue weighted by molar-refractivity contribution is 0.0766. The Morgan fingerprint density at radius 1 is 1.50 bits per heavy atom. The van der Waals surface area contributed by atoms with Crippen molar-refractivity contribution in [2.45, 2.75) is 25.5 Å². The Balaban J connectivity index is 1.95. The monoisotopic (exact) mass is 319 g/mol. The number of β-amino-alcohol motifs (C(OH)–C–C–N with tert-alkyl or cyclic N) is 1. The summed E-state index contributed by atoms with van der Waals surface area (Å²) in [5.74, 6) is -0.205. The first kappa shape index (κ1) is 15.2. The van der Waals surface area contributed by atoms with Crippen molar-refractivity contribution in [3.05, 3.63) is 40.5 Å². The van der Waals surface area contributed by atoms with Gasteiger partial charge in [-0.25, -0.2) is 0 Å². The van der Waals surface area contributed by atoms with Crippen LogP contribution in [0.4, 0.5) is 0 Å². The van der Waals surface area contributed by atoms with Gasteiger partial charge in [0.15, 0.2) is 0 Å². The standard InChI is InChI=1S/C16H18ClN3O2/c1-9-7-11(10-3-2-4-12(17)15(10)19-9)16(22)20-13-5-6-18-8-14(13)21/h2-4,7,13-14,18,21H,5-6,8H2,1H3,(H,20,22)/t13-,14-/m1/s1. The van der Waals surface area contributed by atoms with Crippen molar-refractivity contribution in [3.63, 3.8) is 0 Å². The van der Waals surface area contributed by atoms with E-state index in [1.807, 2.05) is 13.0 Å². The number of hydrogen-bond acceptors (Lipinski definition) is 4. The van der Waals surface area contributed by atoms with Crippen LogP contribution in [-0.2, 0) is 0 Å². The van der Waals surface area contributed by atoms with Crippen LogP contribution in [0, 0.1) is 6.92 Å². The minimum Gasteiger partial charge on any atom is -0.390 e. The quantitative estimate of drug-likeness (QED) is 0.787. The van der Waals surface area contributed by atoms with E-state index in [2.05, 4.69) is 15.6 Å². The van der Waals surface area contributed by atoms with Crippen molar-refractivity contribution < 1.29 is 9.90 Å². The molecule has 5 nitrogen and oxygen atoms in total. The van der Waals surface area contributed by atoms with Crippen LogP contribution < -0.4 is 10.6 Å². The van der Waals surface area contributed by atoms with Gasteiger partial charge in [-0.3, -0.25) is 9.78 Å². The fourth-order valence-corrected chi connectivity index (χ4v) is 3.00. The number of fused-ring (bicyclic) bond motifs is 1. The molecule has 1 aromatic carbocycles. The molecule has 1 fully saturated rings. The molecule has 2 atom stereocenters. The van der Waals surface area contributed by atoms with E-state index in [9.17, 15) is 9.90 Å². The zero-order chi connectivity index (χ0) is 15.7. The smallest absolute Gasteiger partial charge is 0.252 e. The minimum absolute atomic E-state index is 0.205. The van der Waals surface area contributed by atoms with Gasteiger partial charge < -0.3 is 15.7 Å². The Hall–Kier alpha value is -1.69. The number of carbonyl (C=O) groups excluding carboxylic acids is 1. The number of aryl methyl sites for hydroxylation is 1. The Morgan fingerprint density at radius 3 is 3.09 bits per heavy atom. The number of aliphatic hydroxyl groups excluding tert-OH is 1. The lowest BCUT2D eigenvalue weighted by atomic mass is 10.0. The van der Waals surface area contributed by atoms with E-state index in [0.717, 1.165) is 17.6 Å². The van der Waals surface area contributed by atoms with E-state index >= 15 is 0 Å². The van der Waals surface area contributed by atoms with Crippen molar-refractivity contribution in [2.75, 3.05) is 13.1 Å². The summed E-state index contributed by atoms with van der Waals surface area (Å²) >= 11 is 6.18. The van der Waals surface area contributed by atoms with Crippen molar-refractivity contribution in [2.24, 2.45) is 0 Å². The van der Waals surface area contributed by atoms with Gasteiger partial charge in [0.25, 0.3) is 5.91 Å². The second-order valence-corrected chi connectivity index (χ2v) is 5.99. The lowest BCUT2D eigenvalue weighted by Gasteiger charge is -2.29. The third kappa shape index (κ3) is 2.92. The maximum atomic E-state index is 12.6. The van der Waals surface area contributed by atoms with Crippen LogP contribution in [0.5, 0.6) is 0 Å². The van der Waals surface area contributed by atoms with E-state index in [4.69, 9.17) is 11.6 Å². The third-order valence-electron chi connectivity index (χ3n) is 3.93. The van der Waals surface area contributed by atoms with Crippen LogP contribution >= 0.6 is 11.6 Å². The number of para-hydroxylation sites is 1. The number of carbonyl (C=O) groups is 1. The summed E-state index contributed by atoms with van der Waals surface area (Å²) in [5.41, 5.74) is 1.90. The Kier molecular flexibility index (Phi) is 4.29. The average molecular weight is 320 g/mol. The normalized spacial score (nSPS) is 21.8. The van der Waals surface area contributed by atoms with E-state index in [1.54, 1.807) is 18.2 Å². The predicted octanol–water partition coefficient (Wildman–Crippen LogP) is 1.65. The number of rotatable bonds is 2. The summed E-state index contributed by atoms with van der Waals surface area (Å²) < 4.78 is 0. The molecule has 1 aliphatic rings. The van der Waals surface area contributed by atoms with Crippen LogP contribution in [0.25, 0.3) is 10.9 Å². The molecule has 0 unspecified atom stereocenters. The summed E-state index contributed by atoms with van der Waals surface area (Å²) in [5, 5.41) is 17.2. The van der Waals surface area contributed by atoms with E-state index in [0.29, 0.717) is 29.1 Å². The Labute approximate surface area is 133 Å². The number of pyridine rings is 1. The summed E-state index contributed by atoms with van der Waals surface area (Å²) in [6.07, 6.45) is 0.130. The molecule has 0 saturated carbocycles. The molecule has 1 aromatic heterocycles. The number of halogens is 1. The maximum Gasteiger partial charge on any atom is 0.252 e. The lowest BCUT2D eigenvalue weighted by Crippen LogP contribution is -2.52. The molecule has 3 N–H and O–H groups in total. The predicted molar refractivity (Wildman–Crippen MR) is 86.2 cm³/mol. The molecule has 0 bridgehead atoms. The SMILES string of the molecule is Cc1cc(C(=O)N[C@@H]2CCNC[C@H]2O)c2cccc(Cl)c2n1. The minimum atomic E-state index is -0.574. The van der Waals surface area contributed by atoms with Gasteiger partial charge in [0, 0.05) is 17.6 Å². The zero-order valence-corrected chi connectivity index (χ0v) is 13.0. The van der Waals surface area contributed by atoms with Gasteiger partial charge in [0.05, 0.1) is 28.2 Å². The molecule has 1 saturated heterocycles. The number of benzene rings is 1. The van der Waals surface area contributed by atoms with Gasteiger partial charge in [-0.2, -0.15) is 0 Å². The number of nitrogens with one attached hydrogen (secondary N) is 2.